The van der Waals surface area contributed by atoms with Gasteiger partial charge in [0.15, 0.2) is 0 Å². The third-order valence-electron chi connectivity index (χ3n) is 7.12. The van der Waals surface area contributed by atoms with Crippen molar-refractivity contribution in [1.29, 1.82) is 0 Å². The van der Waals surface area contributed by atoms with E-state index in [4.69, 9.17) is 37.7 Å². The third-order valence-corrected chi connectivity index (χ3v) is 7.87. The smallest absolute Gasteiger partial charge is 0.246 e. The van der Waals surface area contributed by atoms with Gasteiger partial charge in [-0.25, -0.2) is 4.98 Å². The summed E-state index contributed by atoms with van der Waals surface area (Å²) in [5, 5.41) is 14.1. The van der Waals surface area contributed by atoms with Gasteiger partial charge >= 0.3 is 0 Å². The molecule has 1 fully saturated rings. The Hall–Kier alpha value is -3.05. The highest BCUT2D eigenvalue weighted by molar-refractivity contribution is 6.39. The lowest BCUT2D eigenvalue weighted by atomic mass is 9.98. The molecule has 0 bridgehead atoms. The van der Waals surface area contributed by atoms with Crippen LogP contribution in [0.4, 0.5) is 11.8 Å². The summed E-state index contributed by atoms with van der Waals surface area (Å²) < 4.78 is 11.0. The second-order valence-electron chi connectivity index (χ2n) is 10.7. The lowest BCUT2D eigenvalue weighted by Crippen LogP contribution is -2.48. The molecule has 2 aliphatic rings. The van der Waals surface area contributed by atoms with Gasteiger partial charge in [0.2, 0.25) is 11.9 Å². The van der Waals surface area contributed by atoms with E-state index < -0.39 is 5.60 Å². The summed E-state index contributed by atoms with van der Waals surface area (Å²) in [4.78, 5) is 27.6. The van der Waals surface area contributed by atoms with Crippen molar-refractivity contribution in [2.24, 2.45) is 0 Å². The number of aromatic nitrogens is 2. The van der Waals surface area contributed by atoms with Crippen LogP contribution in [0.5, 0.6) is 11.5 Å². The van der Waals surface area contributed by atoms with Crippen LogP contribution in [0.15, 0.2) is 24.9 Å². The Balaban J connectivity index is 1.59. The molecule has 0 aliphatic carbocycles. The Labute approximate surface area is 251 Å². The van der Waals surface area contributed by atoms with E-state index in [0.717, 1.165) is 43.0 Å². The van der Waals surface area contributed by atoms with Gasteiger partial charge in [0.25, 0.3) is 0 Å². The van der Waals surface area contributed by atoms with Crippen molar-refractivity contribution in [2.75, 3.05) is 76.8 Å². The second-order valence-corrected chi connectivity index (χ2v) is 11.5. The summed E-state index contributed by atoms with van der Waals surface area (Å²) in [6, 6.07) is 1.68. The highest BCUT2D eigenvalue weighted by Gasteiger charge is 2.27. The summed E-state index contributed by atoms with van der Waals surface area (Å²) in [6.45, 7) is 12.5. The van der Waals surface area contributed by atoms with Crippen molar-refractivity contribution >= 4 is 52.5 Å². The van der Waals surface area contributed by atoms with Gasteiger partial charge in [-0.15, -0.1) is 0 Å². The van der Waals surface area contributed by atoms with Gasteiger partial charge in [0.1, 0.15) is 17.3 Å². The van der Waals surface area contributed by atoms with Gasteiger partial charge in [-0.3, -0.25) is 9.69 Å². The zero-order valence-electron chi connectivity index (χ0n) is 24.0. The summed E-state index contributed by atoms with van der Waals surface area (Å²) in [5.74, 6) is 2.14. The Bertz CT molecular complexity index is 1280. The summed E-state index contributed by atoms with van der Waals surface area (Å²) in [6.07, 6.45) is 6.00. The monoisotopic (exact) mass is 604 g/mol. The van der Waals surface area contributed by atoms with E-state index >= 15 is 0 Å². The van der Waals surface area contributed by atoms with Crippen LogP contribution < -0.4 is 19.7 Å². The zero-order valence-corrected chi connectivity index (χ0v) is 25.6. The molecular weight excluding hydrogens is 567 g/mol. The zero-order chi connectivity index (χ0) is 29.7. The number of rotatable bonds is 11. The number of methoxy groups -OCH3 is 2. The number of carbonyl (C=O) groups is 1. The summed E-state index contributed by atoms with van der Waals surface area (Å²) in [7, 11) is 3.11. The molecule has 10 nitrogen and oxygen atoms in total. The van der Waals surface area contributed by atoms with Crippen molar-refractivity contribution < 1.29 is 19.4 Å². The van der Waals surface area contributed by atoms with Crippen LogP contribution in [-0.4, -0.2) is 103 Å². The van der Waals surface area contributed by atoms with E-state index in [1.165, 1.54) is 6.08 Å². The van der Waals surface area contributed by atoms with Gasteiger partial charge in [-0.05, 0) is 44.5 Å². The molecule has 222 valence electrons. The number of carbonyl (C=O) groups excluding carboxylic acids is 1. The molecular formula is C29H38Cl2N6O4. The molecule has 1 aromatic heterocycles. The average Bonchev–Trinajstić information content (AvgIpc) is 2.96. The van der Waals surface area contributed by atoms with Gasteiger partial charge in [0, 0.05) is 69.2 Å². The molecule has 0 unspecified atom stereocenters. The molecule has 1 saturated heterocycles. The van der Waals surface area contributed by atoms with E-state index in [1.807, 2.05) is 11.0 Å². The Morgan fingerprint density at radius 2 is 1.80 bits per heavy atom. The molecule has 0 spiro atoms. The summed E-state index contributed by atoms with van der Waals surface area (Å²) in [5.41, 5.74) is 1.45. The SMILES string of the molecule is C=CC(=O)N1CCN(CCCN2CC(c3c(Cl)c(OC)cc(OC)c3Cl)=Cc3cnc(NCC(C)(C)O)nc32)CC1. The van der Waals surface area contributed by atoms with Crippen molar-refractivity contribution in [3.05, 3.63) is 46.1 Å². The minimum Gasteiger partial charge on any atom is -0.495 e. The number of amides is 1. The van der Waals surface area contributed by atoms with Gasteiger partial charge < -0.3 is 29.7 Å². The molecule has 2 aliphatic heterocycles. The molecule has 0 saturated carbocycles. The molecule has 1 aromatic carbocycles. The number of nitrogens with one attached hydrogen (secondary N) is 1. The fourth-order valence-corrected chi connectivity index (χ4v) is 5.69. The normalized spacial score (nSPS) is 15.7. The van der Waals surface area contributed by atoms with Crippen LogP contribution in [0.1, 0.15) is 31.4 Å². The predicted molar refractivity (Wildman–Crippen MR) is 164 cm³/mol. The number of anilines is 2. The first-order chi connectivity index (χ1) is 19.5. The Morgan fingerprint density at radius 1 is 1.15 bits per heavy atom. The highest BCUT2D eigenvalue weighted by Crippen LogP contribution is 2.45. The van der Waals surface area contributed by atoms with Crippen molar-refractivity contribution in [3.63, 3.8) is 0 Å². The fraction of sp³-hybridized carbons (Fsp3) is 0.483. The lowest BCUT2D eigenvalue weighted by molar-refractivity contribution is -0.127. The van der Waals surface area contributed by atoms with Gasteiger partial charge in [-0.2, -0.15) is 4.98 Å². The molecule has 4 rings (SSSR count). The standard InChI is InChI=1S/C29H38Cl2N6O4/c1-6-23(38)36-12-10-35(11-13-36)8-7-9-37-17-20(24-25(30)21(40-4)15-22(41-5)26(24)31)14-19-16-32-28(34-27(19)37)33-18-29(2,3)39/h6,14-16,39H,1,7-13,17-18H2,2-5H3,(H,32,33,34). The van der Waals surface area contributed by atoms with Crippen molar-refractivity contribution in [2.45, 2.75) is 25.9 Å². The number of halogens is 2. The molecule has 3 heterocycles. The van der Waals surface area contributed by atoms with E-state index in [-0.39, 0.29) is 5.91 Å². The van der Waals surface area contributed by atoms with E-state index in [2.05, 4.69) is 26.7 Å². The second kappa shape index (κ2) is 13.3. The van der Waals surface area contributed by atoms with Crippen LogP contribution in [-0.2, 0) is 4.79 Å². The van der Waals surface area contributed by atoms with E-state index in [9.17, 15) is 9.90 Å². The van der Waals surface area contributed by atoms with Crippen LogP contribution in [0.3, 0.4) is 0 Å². The van der Waals surface area contributed by atoms with Crippen LogP contribution in [0.25, 0.3) is 11.6 Å². The molecule has 0 radical (unpaired) electrons. The molecule has 2 aromatic rings. The fourth-order valence-electron chi connectivity index (χ4n) is 4.94. The maximum absolute atomic E-state index is 11.9. The average molecular weight is 606 g/mol. The molecule has 0 atom stereocenters. The maximum atomic E-state index is 11.9. The molecule has 2 N–H and O–H groups in total. The number of hydrogen-bond acceptors (Lipinski definition) is 9. The van der Waals surface area contributed by atoms with Gasteiger partial charge in [0.05, 0.1) is 29.9 Å². The largest absolute Gasteiger partial charge is 0.495 e. The number of hydrogen-bond donors (Lipinski definition) is 2. The molecule has 12 heteroatoms. The topological polar surface area (TPSA) is 103 Å². The van der Waals surface area contributed by atoms with Crippen LogP contribution >= 0.6 is 23.2 Å². The van der Waals surface area contributed by atoms with Gasteiger partial charge in [-0.1, -0.05) is 29.8 Å². The Morgan fingerprint density at radius 3 is 2.39 bits per heavy atom. The number of aliphatic hydroxyl groups is 1. The molecule has 41 heavy (non-hydrogen) atoms. The summed E-state index contributed by atoms with van der Waals surface area (Å²) >= 11 is 13.6. The van der Waals surface area contributed by atoms with E-state index in [0.29, 0.717) is 65.8 Å². The quantitative estimate of drug-likeness (QED) is 0.367. The van der Waals surface area contributed by atoms with Crippen molar-refractivity contribution in [1.82, 2.24) is 19.8 Å². The number of nitrogens with zero attached hydrogens (tertiary/aromatic N) is 5. The van der Waals surface area contributed by atoms with Crippen LogP contribution in [0.2, 0.25) is 10.0 Å². The number of fused-ring (bicyclic) bond motifs is 1. The Kier molecular flexibility index (Phi) is 10.0. The predicted octanol–water partition coefficient (Wildman–Crippen LogP) is 4.06. The third kappa shape index (κ3) is 7.43. The first-order valence-corrected chi connectivity index (χ1v) is 14.3. The lowest BCUT2D eigenvalue weighted by Gasteiger charge is -2.35. The first kappa shape index (κ1) is 30.9. The minimum atomic E-state index is -0.911. The highest BCUT2D eigenvalue weighted by atomic mass is 35.5. The number of piperazine rings is 1. The van der Waals surface area contributed by atoms with E-state index in [1.54, 1.807) is 40.3 Å². The molecule has 1 amide bonds. The number of benzene rings is 1. The number of ether oxygens (including phenoxy) is 2. The minimum absolute atomic E-state index is 0.0194. The first-order valence-electron chi connectivity index (χ1n) is 13.6. The maximum Gasteiger partial charge on any atom is 0.246 e. The van der Waals surface area contributed by atoms with Crippen molar-refractivity contribution in [3.8, 4) is 11.5 Å². The van der Waals surface area contributed by atoms with Crippen LogP contribution in [0, 0.1) is 0 Å².